The highest BCUT2D eigenvalue weighted by molar-refractivity contribution is 5.79. The molecule has 0 radical (unpaired) electrons. The number of rotatable bonds is 3. The molecule has 1 unspecified atom stereocenters. The molecular formula is C22H27N7O. The van der Waals surface area contributed by atoms with Gasteiger partial charge >= 0.3 is 0 Å². The standard InChI is InChI=1S/C22H27N7O/c1-27-11-3-5-18(15-27)22(30)28-12-8-16(9-13-28)21-25-24-20-7-6-19(26-29(20)21)17-4-2-10-23-14-17/h2,4,6-7,10,14,16,18H,3,5,8-9,11-13,15H2,1H3. The second kappa shape index (κ2) is 8.10. The van der Waals surface area contributed by atoms with Gasteiger partial charge in [-0.05, 0) is 63.5 Å². The van der Waals surface area contributed by atoms with Gasteiger partial charge in [0.1, 0.15) is 0 Å². The van der Waals surface area contributed by atoms with Gasteiger partial charge < -0.3 is 9.80 Å². The summed E-state index contributed by atoms with van der Waals surface area (Å²) in [7, 11) is 2.11. The zero-order chi connectivity index (χ0) is 20.5. The predicted octanol–water partition coefficient (Wildman–Crippen LogP) is 2.23. The van der Waals surface area contributed by atoms with Crippen molar-refractivity contribution in [3.8, 4) is 11.3 Å². The zero-order valence-electron chi connectivity index (χ0n) is 17.3. The molecule has 30 heavy (non-hydrogen) atoms. The van der Waals surface area contributed by atoms with E-state index in [0.717, 1.165) is 74.6 Å². The molecule has 156 valence electrons. The summed E-state index contributed by atoms with van der Waals surface area (Å²) in [4.78, 5) is 21.5. The number of hydrogen-bond donors (Lipinski definition) is 0. The van der Waals surface area contributed by atoms with Crippen LogP contribution in [0.1, 0.15) is 37.4 Å². The van der Waals surface area contributed by atoms with Crippen molar-refractivity contribution in [1.82, 2.24) is 34.6 Å². The van der Waals surface area contributed by atoms with Gasteiger partial charge in [-0.1, -0.05) is 0 Å². The molecule has 2 aliphatic heterocycles. The first-order valence-electron chi connectivity index (χ1n) is 10.8. The number of pyridine rings is 1. The molecule has 2 aliphatic rings. The summed E-state index contributed by atoms with van der Waals surface area (Å²) in [5.74, 6) is 1.62. The Balaban J connectivity index is 1.31. The minimum atomic E-state index is 0.151. The maximum atomic E-state index is 13.0. The predicted molar refractivity (Wildman–Crippen MR) is 113 cm³/mol. The molecule has 0 spiro atoms. The van der Waals surface area contributed by atoms with E-state index in [1.54, 1.807) is 6.20 Å². The lowest BCUT2D eigenvalue weighted by Crippen LogP contribution is -2.46. The summed E-state index contributed by atoms with van der Waals surface area (Å²) in [6.45, 7) is 3.54. The molecule has 0 aliphatic carbocycles. The number of carbonyl (C=O) groups is 1. The van der Waals surface area contributed by atoms with Crippen LogP contribution in [0.15, 0.2) is 36.7 Å². The fraction of sp³-hybridized carbons (Fsp3) is 0.500. The van der Waals surface area contributed by atoms with Crippen LogP contribution in [0.3, 0.4) is 0 Å². The van der Waals surface area contributed by atoms with Crippen molar-refractivity contribution >= 4 is 11.6 Å². The lowest BCUT2D eigenvalue weighted by molar-refractivity contribution is -0.138. The largest absolute Gasteiger partial charge is 0.342 e. The molecule has 5 heterocycles. The zero-order valence-corrected chi connectivity index (χ0v) is 17.3. The van der Waals surface area contributed by atoms with Gasteiger partial charge in [0.2, 0.25) is 5.91 Å². The van der Waals surface area contributed by atoms with Gasteiger partial charge in [-0.3, -0.25) is 9.78 Å². The van der Waals surface area contributed by atoms with Crippen molar-refractivity contribution in [1.29, 1.82) is 0 Å². The van der Waals surface area contributed by atoms with Gasteiger partial charge in [0.25, 0.3) is 0 Å². The second-order valence-electron chi connectivity index (χ2n) is 8.49. The van der Waals surface area contributed by atoms with Gasteiger partial charge in [-0.25, -0.2) is 0 Å². The van der Waals surface area contributed by atoms with Crippen LogP contribution in [0.25, 0.3) is 16.9 Å². The average Bonchev–Trinajstić information content (AvgIpc) is 3.22. The molecule has 3 aromatic heterocycles. The maximum absolute atomic E-state index is 13.0. The van der Waals surface area contributed by atoms with E-state index < -0.39 is 0 Å². The molecule has 8 nitrogen and oxygen atoms in total. The van der Waals surface area contributed by atoms with Crippen molar-refractivity contribution in [2.75, 3.05) is 33.2 Å². The Morgan fingerprint density at radius 3 is 2.70 bits per heavy atom. The van der Waals surface area contributed by atoms with E-state index >= 15 is 0 Å². The summed E-state index contributed by atoms with van der Waals surface area (Å²) in [5.41, 5.74) is 2.57. The lowest BCUT2D eigenvalue weighted by Gasteiger charge is -2.36. The van der Waals surface area contributed by atoms with Gasteiger partial charge in [-0.2, -0.15) is 9.61 Å². The Kier molecular flexibility index (Phi) is 5.16. The minimum absolute atomic E-state index is 0.151. The number of amides is 1. The van der Waals surface area contributed by atoms with Crippen molar-refractivity contribution in [2.24, 2.45) is 5.92 Å². The first kappa shape index (κ1) is 19.1. The third-order valence-corrected chi connectivity index (χ3v) is 6.39. The van der Waals surface area contributed by atoms with E-state index in [0.29, 0.717) is 5.91 Å². The lowest BCUT2D eigenvalue weighted by atomic mass is 9.92. The van der Waals surface area contributed by atoms with E-state index in [2.05, 4.69) is 32.0 Å². The van der Waals surface area contributed by atoms with E-state index in [1.165, 1.54) is 0 Å². The third kappa shape index (κ3) is 3.67. The topological polar surface area (TPSA) is 79.5 Å². The Labute approximate surface area is 175 Å². The number of aromatic nitrogens is 5. The molecule has 1 amide bonds. The van der Waals surface area contributed by atoms with E-state index in [-0.39, 0.29) is 11.8 Å². The fourth-order valence-electron chi connectivity index (χ4n) is 4.71. The number of carbonyl (C=O) groups excluding carboxylic acids is 1. The normalized spacial score (nSPS) is 21.2. The van der Waals surface area contributed by atoms with Crippen molar-refractivity contribution in [2.45, 2.75) is 31.6 Å². The summed E-state index contributed by atoms with van der Waals surface area (Å²) < 4.78 is 1.86. The molecule has 2 saturated heterocycles. The number of hydrogen-bond acceptors (Lipinski definition) is 6. The number of fused-ring (bicyclic) bond motifs is 1. The SMILES string of the molecule is CN1CCCC(C(=O)N2CCC(c3nnc4ccc(-c5cccnc5)nn34)CC2)C1. The Bertz CT molecular complexity index is 1030. The van der Waals surface area contributed by atoms with Crippen LogP contribution < -0.4 is 0 Å². The Morgan fingerprint density at radius 1 is 1.07 bits per heavy atom. The van der Waals surface area contributed by atoms with Crippen molar-refractivity contribution in [3.05, 3.63) is 42.5 Å². The van der Waals surface area contributed by atoms with Crippen molar-refractivity contribution in [3.63, 3.8) is 0 Å². The quantitative estimate of drug-likeness (QED) is 0.665. The second-order valence-corrected chi connectivity index (χ2v) is 8.49. The first-order chi connectivity index (χ1) is 14.7. The van der Waals surface area contributed by atoms with Crippen LogP contribution in [-0.2, 0) is 4.79 Å². The summed E-state index contributed by atoms with van der Waals surface area (Å²) in [6.07, 6.45) is 7.48. The number of piperidine rings is 2. The summed E-state index contributed by atoms with van der Waals surface area (Å²) in [6, 6.07) is 7.81. The van der Waals surface area contributed by atoms with Crippen LogP contribution in [0.5, 0.6) is 0 Å². The van der Waals surface area contributed by atoms with Crippen LogP contribution in [0.4, 0.5) is 0 Å². The molecule has 0 N–H and O–H groups in total. The third-order valence-electron chi connectivity index (χ3n) is 6.39. The molecule has 8 heteroatoms. The molecule has 2 fully saturated rings. The smallest absolute Gasteiger partial charge is 0.226 e. The van der Waals surface area contributed by atoms with Gasteiger partial charge in [0.05, 0.1) is 11.6 Å². The van der Waals surface area contributed by atoms with Crippen LogP contribution >= 0.6 is 0 Å². The molecule has 0 bridgehead atoms. The van der Waals surface area contributed by atoms with Crippen LogP contribution in [0.2, 0.25) is 0 Å². The summed E-state index contributed by atoms with van der Waals surface area (Å²) in [5, 5.41) is 13.5. The first-order valence-corrected chi connectivity index (χ1v) is 10.8. The van der Waals surface area contributed by atoms with Gasteiger partial charge in [0.15, 0.2) is 11.5 Å². The molecule has 0 saturated carbocycles. The summed E-state index contributed by atoms with van der Waals surface area (Å²) >= 11 is 0. The maximum Gasteiger partial charge on any atom is 0.226 e. The average molecular weight is 406 g/mol. The van der Waals surface area contributed by atoms with Crippen LogP contribution in [0, 0.1) is 5.92 Å². The molecule has 5 rings (SSSR count). The highest BCUT2D eigenvalue weighted by atomic mass is 16.2. The number of likely N-dealkylation sites (tertiary alicyclic amines) is 2. The van der Waals surface area contributed by atoms with E-state index in [9.17, 15) is 4.79 Å². The van der Waals surface area contributed by atoms with Gasteiger partial charge in [-0.15, -0.1) is 10.2 Å². The number of nitrogens with zero attached hydrogens (tertiary/aromatic N) is 7. The molecule has 0 aromatic carbocycles. The van der Waals surface area contributed by atoms with Crippen LogP contribution in [-0.4, -0.2) is 73.7 Å². The van der Waals surface area contributed by atoms with E-state index in [4.69, 9.17) is 5.10 Å². The Hall–Kier alpha value is -2.87. The molecule has 3 aromatic rings. The monoisotopic (exact) mass is 405 g/mol. The molecule has 1 atom stereocenters. The van der Waals surface area contributed by atoms with Gasteiger partial charge in [0, 0.05) is 43.5 Å². The van der Waals surface area contributed by atoms with E-state index in [1.807, 2.05) is 35.0 Å². The molecular weight excluding hydrogens is 378 g/mol. The minimum Gasteiger partial charge on any atom is -0.342 e. The van der Waals surface area contributed by atoms with Crippen molar-refractivity contribution < 1.29 is 4.79 Å². The highest BCUT2D eigenvalue weighted by Crippen LogP contribution is 2.29. The Morgan fingerprint density at radius 2 is 1.93 bits per heavy atom. The fourth-order valence-corrected chi connectivity index (χ4v) is 4.71. The highest BCUT2D eigenvalue weighted by Gasteiger charge is 2.32.